The lowest BCUT2D eigenvalue weighted by molar-refractivity contribution is 0.0933. The normalized spacial score (nSPS) is 15.4. The molecule has 1 heterocycles. The fraction of sp³-hybridized carbons (Fsp3) is 0.438. The minimum absolute atomic E-state index is 0.179. The number of rotatable bonds is 6. The molecular formula is C16H19ClN2O2. The van der Waals surface area contributed by atoms with Crippen LogP contribution in [0.3, 0.4) is 0 Å². The molecule has 0 saturated heterocycles. The summed E-state index contributed by atoms with van der Waals surface area (Å²) in [5.41, 5.74) is 1.82. The van der Waals surface area contributed by atoms with Crippen LogP contribution in [0.1, 0.15) is 25.0 Å². The van der Waals surface area contributed by atoms with Crippen LogP contribution < -0.4 is 0 Å². The van der Waals surface area contributed by atoms with Crippen LogP contribution in [0.2, 0.25) is 5.02 Å². The highest BCUT2D eigenvalue weighted by molar-refractivity contribution is 6.30. The summed E-state index contributed by atoms with van der Waals surface area (Å²) in [5.74, 6) is 0.610. The zero-order valence-electron chi connectivity index (χ0n) is 11.8. The maximum absolute atomic E-state index is 9.19. The van der Waals surface area contributed by atoms with Gasteiger partial charge in [0, 0.05) is 29.7 Å². The Labute approximate surface area is 129 Å². The summed E-state index contributed by atoms with van der Waals surface area (Å²) in [6.07, 6.45) is 5.40. The fourth-order valence-corrected chi connectivity index (χ4v) is 2.71. The van der Waals surface area contributed by atoms with Gasteiger partial charge in [0.2, 0.25) is 5.89 Å². The molecule has 1 aromatic heterocycles. The number of halogens is 1. The maximum Gasteiger partial charge on any atom is 0.226 e. The number of hydrogen-bond donors (Lipinski definition) is 1. The van der Waals surface area contributed by atoms with Crippen LogP contribution in [0.25, 0.3) is 11.5 Å². The van der Waals surface area contributed by atoms with Crippen LogP contribution in [0, 0.1) is 0 Å². The van der Waals surface area contributed by atoms with E-state index >= 15 is 0 Å². The standard InChI is InChI=1S/C16H19ClN2O2/c17-13-6-4-12(5-7-13)16-18-14(11-21-16)10-19(8-9-20)15-2-1-3-15/h4-7,11,15,20H,1-3,8-10H2. The molecule has 1 fully saturated rings. The van der Waals surface area contributed by atoms with Gasteiger partial charge in [-0.3, -0.25) is 4.90 Å². The average molecular weight is 307 g/mol. The number of benzene rings is 1. The Balaban J connectivity index is 1.70. The Morgan fingerprint density at radius 1 is 1.29 bits per heavy atom. The van der Waals surface area contributed by atoms with Crippen molar-refractivity contribution in [2.45, 2.75) is 31.8 Å². The first kappa shape index (κ1) is 14.6. The number of aromatic nitrogens is 1. The summed E-state index contributed by atoms with van der Waals surface area (Å²) < 4.78 is 5.56. The Bertz CT molecular complexity index is 578. The lowest BCUT2D eigenvalue weighted by atomic mass is 9.91. The van der Waals surface area contributed by atoms with Crippen molar-refractivity contribution in [1.82, 2.24) is 9.88 Å². The van der Waals surface area contributed by atoms with E-state index in [9.17, 15) is 5.11 Å². The number of nitrogens with zero attached hydrogens (tertiary/aromatic N) is 2. The summed E-state index contributed by atoms with van der Waals surface area (Å²) in [6, 6.07) is 8.03. The van der Waals surface area contributed by atoms with Gasteiger partial charge in [-0.25, -0.2) is 4.98 Å². The zero-order valence-corrected chi connectivity index (χ0v) is 12.6. The molecule has 0 radical (unpaired) electrons. The SMILES string of the molecule is OCCN(Cc1coc(-c2ccc(Cl)cc2)n1)C1CCC1. The highest BCUT2D eigenvalue weighted by Gasteiger charge is 2.25. The lowest BCUT2D eigenvalue weighted by Crippen LogP contribution is -2.41. The molecular weight excluding hydrogens is 288 g/mol. The molecule has 0 unspecified atom stereocenters. The van der Waals surface area contributed by atoms with Gasteiger partial charge in [0.1, 0.15) is 6.26 Å². The smallest absolute Gasteiger partial charge is 0.226 e. The molecule has 0 bridgehead atoms. The molecule has 1 saturated carbocycles. The van der Waals surface area contributed by atoms with Gasteiger partial charge in [-0.05, 0) is 37.1 Å². The second kappa shape index (κ2) is 6.60. The van der Waals surface area contributed by atoms with Gasteiger partial charge >= 0.3 is 0 Å². The molecule has 1 N–H and O–H groups in total. The first-order valence-corrected chi connectivity index (χ1v) is 7.69. The third-order valence-corrected chi connectivity index (χ3v) is 4.24. The Hall–Kier alpha value is -1.36. The first-order chi connectivity index (χ1) is 10.3. The summed E-state index contributed by atoms with van der Waals surface area (Å²) >= 11 is 5.88. The maximum atomic E-state index is 9.19. The van der Waals surface area contributed by atoms with E-state index in [1.807, 2.05) is 24.3 Å². The van der Waals surface area contributed by atoms with Crippen LogP contribution in [-0.2, 0) is 6.54 Å². The van der Waals surface area contributed by atoms with Crippen LogP contribution in [0.5, 0.6) is 0 Å². The molecule has 2 aromatic rings. The molecule has 0 spiro atoms. The topological polar surface area (TPSA) is 49.5 Å². The van der Waals surface area contributed by atoms with Crippen molar-refractivity contribution in [3.8, 4) is 11.5 Å². The number of hydrogen-bond acceptors (Lipinski definition) is 4. The predicted octanol–water partition coefficient (Wildman–Crippen LogP) is 3.34. The van der Waals surface area contributed by atoms with Crippen molar-refractivity contribution in [3.63, 3.8) is 0 Å². The van der Waals surface area contributed by atoms with E-state index in [1.165, 1.54) is 19.3 Å². The second-order valence-electron chi connectivity index (χ2n) is 5.43. The Morgan fingerprint density at radius 2 is 2.05 bits per heavy atom. The molecule has 112 valence electrons. The van der Waals surface area contributed by atoms with E-state index in [1.54, 1.807) is 6.26 Å². The van der Waals surface area contributed by atoms with E-state index in [-0.39, 0.29) is 6.61 Å². The zero-order chi connectivity index (χ0) is 14.7. The third kappa shape index (κ3) is 3.46. The molecule has 5 heteroatoms. The van der Waals surface area contributed by atoms with Gasteiger partial charge in [-0.15, -0.1) is 0 Å². The van der Waals surface area contributed by atoms with Crippen LogP contribution in [0.15, 0.2) is 34.9 Å². The lowest BCUT2D eigenvalue weighted by Gasteiger charge is -2.36. The fourth-order valence-electron chi connectivity index (χ4n) is 2.58. The van der Waals surface area contributed by atoms with Crippen LogP contribution >= 0.6 is 11.6 Å². The third-order valence-electron chi connectivity index (χ3n) is 3.99. The van der Waals surface area contributed by atoms with Crippen LogP contribution in [-0.4, -0.2) is 34.2 Å². The summed E-state index contributed by atoms with van der Waals surface area (Å²) in [4.78, 5) is 6.82. The molecule has 1 aliphatic carbocycles. The quantitative estimate of drug-likeness (QED) is 0.889. The predicted molar refractivity (Wildman–Crippen MR) is 82.1 cm³/mol. The van der Waals surface area contributed by atoms with Crippen molar-refractivity contribution in [3.05, 3.63) is 41.2 Å². The van der Waals surface area contributed by atoms with Gasteiger partial charge < -0.3 is 9.52 Å². The van der Waals surface area contributed by atoms with E-state index < -0.39 is 0 Å². The molecule has 0 amide bonds. The summed E-state index contributed by atoms with van der Waals surface area (Å²) in [5, 5.41) is 9.89. The van der Waals surface area contributed by atoms with E-state index in [4.69, 9.17) is 16.0 Å². The van der Waals surface area contributed by atoms with E-state index in [0.29, 0.717) is 23.5 Å². The minimum Gasteiger partial charge on any atom is -0.444 e. The van der Waals surface area contributed by atoms with Gasteiger partial charge in [0.05, 0.1) is 12.3 Å². The second-order valence-corrected chi connectivity index (χ2v) is 5.87. The number of oxazole rings is 1. The number of aliphatic hydroxyl groups is 1. The van der Waals surface area contributed by atoms with Gasteiger partial charge in [0.15, 0.2) is 0 Å². The van der Waals surface area contributed by atoms with Crippen molar-refractivity contribution in [2.24, 2.45) is 0 Å². The monoisotopic (exact) mass is 306 g/mol. The Kier molecular flexibility index (Phi) is 4.58. The first-order valence-electron chi connectivity index (χ1n) is 7.31. The van der Waals surface area contributed by atoms with Crippen molar-refractivity contribution >= 4 is 11.6 Å². The molecule has 0 aliphatic heterocycles. The molecule has 4 nitrogen and oxygen atoms in total. The number of aliphatic hydroxyl groups excluding tert-OH is 1. The molecule has 21 heavy (non-hydrogen) atoms. The van der Waals surface area contributed by atoms with Gasteiger partial charge in [-0.2, -0.15) is 0 Å². The largest absolute Gasteiger partial charge is 0.444 e. The van der Waals surface area contributed by atoms with E-state index in [0.717, 1.165) is 17.8 Å². The summed E-state index contributed by atoms with van der Waals surface area (Å²) in [6.45, 7) is 1.59. The minimum atomic E-state index is 0.179. The molecule has 3 rings (SSSR count). The molecule has 1 aliphatic rings. The molecule has 0 atom stereocenters. The average Bonchev–Trinajstić information content (AvgIpc) is 2.86. The highest BCUT2D eigenvalue weighted by atomic mass is 35.5. The van der Waals surface area contributed by atoms with Gasteiger partial charge in [0.25, 0.3) is 0 Å². The summed E-state index contributed by atoms with van der Waals surface area (Å²) in [7, 11) is 0. The van der Waals surface area contributed by atoms with Crippen LogP contribution in [0.4, 0.5) is 0 Å². The highest BCUT2D eigenvalue weighted by Crippen LogP contribution is 2.27. The van der Waals surface area contributed by atoms with Crippen molar-refractivity contribution in [2.75, 3.05) is 13.2 Å². The Morgan fingerprint density at radius 3 is 2.67 bits per heavy atom. The molecule has 1 aromatic carbocycles. The van der Waals surface area contributed by atoms with Crippen molar-refractivity contribution in [1.29, 1.82) is 0 Å². The van der Waals surface area contributed by atoms with E-state index in [2.05, 4.69) is 9.88 Å². The van der Waals surface area contributed by atoms with Crippen molar-refractivity contribution < 1.29 is 9.52 Å². The van der Waals surface area contributed by atoms with Gasteiger partial charge in [-0.1, -0.05) is 18.0 Å².